The lowest BCUT2D eigenvalue weighted by Crippen LogP contribution is -2.32. The standard InChI is InChI=1S/C15H13NO2/c17-14-12-9-6-7-10(8-9)13(12)15(18)16(14)11-4-2-1-3-5-11/h1-7,9-10,12-13H,8H2/t9-,10-,12-,13-/m0/s1. The van der Waals surface area contributed by atoms with Crippen LogP contribution in [-0.2, 0) is 9.59 Å². The molecule has 1 aromatic carbocycles. The molecule has 1 saturated heterocycles. The minimum absolute atomic E-state index is 0.00644. The van der Waals surface area contributed by atoms with Crippen LogP contribution in [0.2, 0.25) is 0 Å². The van der Waals surface area contributed by atoms with Gasteiger partial charge >= 0.3 is 0 Å². The van der Waals surface area contributed by atoms with Gasteiger partial charge in [-0.1, -0.05) is 30.4 Å². The van der Waals surface area contributed by atoms with Crippen LogP contribution < -0.4 is 4.90 Å². The smallest absolute Gasteiger partial charge is 0.238 e. The monoisotopic (exact) mass is 239 g/mol. The fourth-order valence-corrected chi connectivity index (χ4v) is 3.73. The first-order valence-electron chi connectivity index (χ1n) is 6.38. The number of nitrogens with zero attached hydrogens (tertiary/aromatic N) is 1. The van der Waals surface area contributed by atoms with Gasteiger partial charge < -0.3 is 0 Å². The number of hydrogen-bond acceptors (Lipinski definition) is 2. The first-order valence-corrected chi connectivity index (χ1v) is 6.38. The summed E-state index contributed by atoms with van der Waals surface area (Å²) < 4.78 is 0. The summed E-state index contributed by atoms with van der Waals surface area (Å²) in [6.07, 6.45) is 5.21. The minimum Gasteiger partial charge on any atom is -0.274 e. The number of fused-ring (bicyclic) bond motifs is 5. The van der Waals surface area contributed by atoms with Crippen LogP contribution in [0.15, 0.2) is 42.5 Å². The Hall–Kier alpha value is -1.90. The van der Waals surface area contributed by atoms with Crippen LogP contribution in [0, 0.1) is 23.7 Å². The van der Waals surface area contributed by atoms with E-state index in [0.29, 0.717) is 5.69 Å². The molecule has 2 amide bonds. The number of allylic oxidation sites excluding steroid dienone is 2. The van der Waals surface area contributed by atoms with Crippen molar-refractivity contribution >= 4 is 17.5 Å². The summed E-state index contributed by atoms with van der Waals surface area (Å²) in [6, 6.07) is 9.26. The second-order valence-corrected chi connectivity index (χ2v) is 5.35. The van der Waals surface area contributed by atoms with Gasteiger partial charge in [0.15, 0.2) is 0 Å². The lowest BCUT2D eigenvalue weighted by Gasteiger charge is -2.16. The molecule has 2 bridgehead atoms. The van der Waals surface area contributed by atoms with Crippen LogP contribution in [0.25, 0.3) is 0 Å². The van der Waals surface area contributed by atoms with Crippen LogP contribution in [0.5, 0.6) is 0 Å². The van der Waals surface area contributed by atoms with Crippen LogP contribution in [0.1, 0.15) is 6.42 Å². The highest BCUT2D eigenvalue weighted by Crippen LogP contribution is 2.53. The summed E-state index contributed by atoms with van der Waals surface area (Å²) in [5.74, 6) is 0.344. The van der Waals surface area contributed by atoms with Crippen LogP contribution in [-0.4, -0.2) is 11.8 Å². The molecule has 4 rings (SSSR count). The Balaban J connectivity index is 1.77. The van der Waals surface area contributed by atoms with Gasteiger partial charge in [0.05, 0.1) is 17.5 Å². The SMILES string of the molecule is O=C1[C@@H]2[C@@H](C(=O)N1c1ccccc1)[C@H]1C=C[C@H]2C1. The Kier molecular flexibility index (Phi) is 1.85. The Labute approximate surface area is 105 Å². The predicted molar refractivity (Wildman–Crippen MR) is 66.7 cm³/mol. The molecule has 0 N–H and O–H groups in total. The van der Waals surface area contributed by atoms with Gasteiger partial charge in [-0.15, -0.1) is 0 Å². The van der Waals surface area contributed by atoms with Gasteiger partial charge in [0.1, 0.15) is 0 Å². The van der Waals surface area contributed by atoms with E-state index in [1.807, 2.05) is 30.3 Å². The van der Waals surface area contributed by atoms with Crippen molar-refractivity contribution in [3.8, 4) is 0 Å². The second-order valence-electron chi connectivity index (χ2n) is 5.35. The lowest BCUT2D eigenvalue weighted by molar-refractivity contribution is -0.123. The first kappa shape index (κ1) is 10.1. The van der Waals surface area contributed by atoms with E-state index in [-0.39, 0.29) is 35.5 Å². The number of rotatable bonds is 1. The van der Waals surface area contributed by atoms with E-state index in [9.17, 15) is 9.59 Å². The number of imide groups is 1. The molecule has 0 radical (unpaired) electrons. The molecule has 18 heavy (non-hydrogen) atoms. The third-order valence-electron chi connectivity index (χ3n) is 4.48. The van der Waals surface area contributed by atoms with Crippen molar-refractivity contribution in [3.05, 3.63) is 42.5 Å². The first-order chi connectivity index (χ1) is 8.77. The Morgan fingerprint density at radius 2 is 1.44 bits per heavy atom. The van der Waals surface area contributed by atoms with E-state index >= 15 is 0 Å². The highest BCUT2D eigenvalue weighted by Gasteiger charge is 2.59. The van der Waals surface area contributed by atoms with Gasteiger partial charge in [-0.2, -0.15) is 0 Å². The maximum absolute atomic E-state index is 12.5. The van der Waals surface area contributed by atoms with Crippen molar-refractivity contribution in [2.45, 2.75) is 6.42 Å². The molecule has 0 unspecified atom stereocenters. The van der Waals surface area contributed by atoms with E-state index < -0.39 is 0 Å². The number of anilines is 1. The van der Waals surface area contributed by atoms with E-state index in [0.717, 1.165) is 6.42 Å². The number of carbonyl (C=O) groups is 2. The van der Waals surface area contributed by atoms with Crippen molar-refractivity contribution in [2.24, 2.45) is 23.7 Å². The fraction of sp³-hybridized carbons (Fsp3) is 0.333. The van der Waals surface area contributed by atoms with Crippen molar-refractivity contribution in [2.75, 3.05) is 4.90 Å². The molecule has 2 fully saturated rings. The van der Waals surface area contributed by atoms with E-state index in [1.165, 1.54) is 4.90 Å². The van der Waals surface area contributed by atoms with Crippen LogP contribution in [0.3, 0.4) is 0 Å². The minimum atomic E-state index is -0.104. The number of hydrogen-bond donors (Lipinski definition) is 0. The van der Waals surface area contributed by atoms with E-state index in [2.05, 4.69) is 12.2 Å². The van der Waals surface area contributed by atoms with Gasteiger partial charge in [0, 0.05) is 0 Å². The molecule has 3 aliphatic rings. The van der Waals surface area contributed by atoms with Gasteiger partial charge in [-0.25, -0.2) is 0 Å². The van der Waals surface area contributed by atoms with Gasteiger partial charge in [0.25, 0.3) is 0 Å². The highest BCUT2D eigenvalue weighted by atomic mass is 16.2. The van der Waals surface area contributed by atoms with Gasteiger partial charge in [0.2, 0.25) is 11.8 Å². The largest absolute Gasteiger partial charge is 0.274 e. The summed E-state index contributed by atoms with van der Waals surface area (Å²) in [5, 5.41) is 0. The molecule has 3 nitrogen and oxygen atoms in total. The average molecular weight is 239 g/mol. The van der Waals surface area contributed by atoms with E-state index in [4.69, 9.17) is 0 Å². The van der Waals surface area contributed by atoms with Gasteiger partial charge in [-0.05, 0) is 30.4 Å². The third-order valence-corrected chi connectivity index (χ3v) is 4.48. The fourth-order valence-electron chi connectivity index (χ4n) is 3.73. The van der Waals surface area contributed by atoms with Gasteiger partial charge in [-0.3, -0.25) is 14.5 Å². The van der Waals surface area contributed by atoms with Crippen LogP contribution in [0.4, 0.5) is 5.69 Å². The normalized spacial score (nSPS) is 36.6. The molecule has 2 aliphatic carbocycles. The van der Waals surface area contributed by atoms with E-state index in [1.54, 1.807) is 0 Å². The molecule has 3 heteroatoms. The Bertz CT molecular complexity index is 533. The van der Waals surface area contributed by atoms with Crippen molar-refractivity contribution in [3.63, 3.8) is 0 Å². The molecule has 0 spiro atoms. The zero-order chi connectivity index (χ0) is 12.3. The topological polar surface area (TPSA) is 37.4 Å². The summed E-state index contributed by atoms with van der Waals surface area (Å²) in [4.78, 5) is 26.3. The summed E-state index contributed by atoms with van der Waals surface area (Å²) in [6.45, 7) is 0. The third kappa shape index (κ3) is 1.09. The molecule has 0 aromatic heterocycles. The summed E-state index contributed by atoms with van der Waals surface area (Å²) >= 11 is 0. The summed E-state index contributed by atoms with van der Waals surface area (Å²) in [5.41, 5.74) is 0.710. The average Bonchev–Trinajstić information content (AvgIpc) is 3.05. The highest BCUT2D eigenvalue weighted by molar-refractivity contribution is 6.22. The Morgan fingerprint density at radius 1 is 0.889 bits per heavy atom. The zero-order valence-corrected chi connectivity index (χ0v) is 9.82. The molecule has 1 heterocycles. The maximum Gasteiger partial charge on any atom is 0.238 e. The lowest BCUT2D eigenvalue weighted by atomic mass is 9.85. The molecule has 1 aliphatic heterocycles. The van der Waals surface area contributed by atoms with Crippen molar-refractivity contribution < 1.29 is 9.59 Å². The molecule has 1 saturated carbocycles. The Morgan fingerprint density at radius 3 is 2.00 bits per heavy atom. The molecule has 4 atom stereocenters. The van der Waals surface area contributed by atoms with Crippen molar-refractivity contribution in [1.82, 2.24) is 0 Å². The number of para-hydroxylation sites is 1. The second kappa shape index (κ2) is 3.31. The summed E-state index contributed by atoms with van der Waals surface area (Å²) in [7, 11) is 0. The molecular formula is C15H13NO2. The number of benzene rings is 1. The molecular weight excluding hydrogens is 226 g/mol. The maximum atomic E-state index is 12.5. The molecule has 90 valence electrons. The van der Waals surface area contributed by atoms with Crippen LogP contribution >= 0.6 is 0 Å². The number of carbonyl (C=O) groups excluding carboxylic acids is 2. The quantitative estimate of drug-likeness (QED) is 0.555. The number of amides is 2. The van der Waals surface area contributed by atoms with Crippen molar-refractivity contribution in [1.29, 1.82) is 0 Å². The predicted octanol–water partition coefficient (Wildman–Crippen LogP) is 2.00. The zero-order valence-electron chi connectivity index (χ0n) is 9.82. The molecule has 1 aromatic rings.